The van der Waals surface area contributed by atoms with Gasteiger partial charge in [0.2, 0.25) is 0 Å². The van der Waals surface area contributed by atoms with Crippen LogP contribution in [0.4, 0.5) is 5.82 Å². The van der Waals surface area contributed by atoms with E-state index in [2.05, 4.69) is 25.3 Å². The highest BCUT2D eigenvalue weighted by molar-refractivity contribution is 5.98. The van der Waals surface area contributed by atoms with Crippen LogP contribution in [0.3, 0.4) is 0 Å². The Morgan fingerprint density at radius 2 is 2.35 bits per heavy atom. The first-order valence-electron chi connectivity index (χ1n) is 6.69. The van der Waals surface area contributed by atoms with E-state index >= 15 is 0 Å². The molecule has 1 amide bonds. The van der Waals surface area contributed by atoms with Gasteiger partial charge in [0.1, 0.15) is 11.4 Å². The van der Waals surface area contributed by atoms with Gasteiger partial charge in [0.05, 0.1) is 12.4 Å². The van der Waals surface area contributed by atoms with Crippen molar-refractivity contribution < 1.29 is 4.79 Å². The average molecular weight is 274 g/mol. The highest BCUT2D eigenvalue weighted by Crippen LogP contribution is 2.20. The van der Waals surface area contributed by atoms with Crippen molar-refractivity contribution in [3.63, 3.8) is 0 Å². The van der Waals surface area contributed by atoms with Gasteiger partial charge < -0.3 is 10.2 Å². The molecule has 0 radical (unpaired) electrons. The zero-order valence-corrected chi connectivity index (χ0v) is 11.7. The molecular formula is C13H18N6O. The highest BCUT2D eigenvalue weighted by Gasteiger charge is 2.18. The fraction of sp³-hybridized carbons (Fsp3) is 0.462. The average Bonchev–Trinajstić information content (AvgIpc) is 3.12. The predicted molar refractivity (Wildman–Crippen MR) is 74.5 cm³/mol. The fourth-order valence-electron chi connectivity index (χ4n) is 2.48. The number of aryl methyl sites for hydroxylation is 1. The first-order valence-corrected chi connectivity index (χ1v) is 6.69. The molecule has 3 rings (SSSR count). The van der Waals surface area contributed by atoms with E-state index < -0.39 is 0 Å². The largest absolute Gasteiger partial charge is 0.366 e. The minimum atomic E-state index is -0.0681. The zero-order valence-electron chi connectivity index (χ0n) is 11.7. The Hall–Kier alpha value is -2.31. The molecule has 0 aromatic carbocycles. The van der Waals surface area contributed by atoms with E-state index in [1.165, 1.54) is 16.2 Å². The molecule has 0 spiro atoms. The number of carbonyl (C=O) groups is 1. The van der Waals surface area contributed by atoms with Gasteiger partial charge in [-0.3, -0.25) is 14.6 Å². The molecule has 2 N–H and O–H groups in total. The Kier molecular flexibility index (Phi) is 3.17. The molecule has 0 saturated carbocycles. The second-order valence-corrected chi connectivity index (χ2v) is 5.16. The van der Waals surface area contributed by atoms with E-state index in [1.54, 1.807) is 20.3 Å². The van der Waals surface area contributed by atoms with Crippen LogP contribution in [0.2, 0.25) is 0 Å². The molecule has 20 heavy (non-hydrogen) atoms. The quantitative estimate of drug-likeness (QED) is 0.867. The van der Waals surface area contributed by atoms with Gasteiger partial charge >= 0.3 is 0 Å². The van der Waals surface area contributed by atoms with Gasteiger partial charge in [-0.15, -0.1) is 0 Å². The molecule has 1 aliphatic rings. The number of hydrogen-bond donors (Lipinski definition) is 2. The summed E-state index contributed by atoms with van der Waals surface area (Å²) in [6, 6.07) is 0. The van der Waals surface area contributed by atoms with E-state index in [1.807, 2.05) is 6.20 Å². The molecule has 0 atom stereocenters. The Morgan fingerprint density at radius 3 is 3.15 bits per heavy atom. The van der Waals surface area contributed by atoms with Crippen LogP contribution in [0.25, 0.3) is 0 Å². The molecule has 0 aliphatic carbocycles. The number of carbonyl (C=O) groups excluding carboxylic acids is 1. The van der Waals surface area contributed by atoms with Crippen LogP contribution in [-0.4, -0.2) is 44.9 Å². The van der Waals surface area contributed by atoms with Gasteiger partial charge in [-0.1, -0.05) is 0 Å². The molecule has 0 fully saturated rings. The third-order valence-corrected chi connectivity index (χ3v) is 3.55. The summed E-state index contributed by atoms with van der Waals surface area (Å²) < 4.78 is 2.05. The Bertz CT molecular complexity index is 627. The van der Waals surface area contributed by atoms with Crippen molar-refractivity contribution in [1.82, 2.24) is 24.9 Å². The molecular weight excluding hydrogens is 256 g/mol. The Balaban J connectivity index is 1.73. The molecule has 0 bridgehead atoms. The van der Waals surface area contributed by atoms with Gasteiger partial charge in [0.15, 0.2) is 0 Å². The number of fused-ring (bicyclic) bond motifs is 1. The fourth-order valence-corrected chi connectivity index (χ4v) is 2.48. The highest BCUT2D eigenvalue weighted by atomic mass is 16.2. The maximum Gasteiger partial charge on any atom is 0.258 e. The van der Waals surface area contributed by atoms with Crippen LogP contribution >= 0.6 is 0 Å². The topological polar surface area (TPSA) is 78.8 Å². The minimum Gasteiger partial charge on any atom is -0.366 e. The second kappa shape index (κ2) is 4.99. The minimum absolute atomic E-state index is 0.0681. The summed E-state index contributed by atoms with van der Waals surface area (Å²) in [5.74, 6) is 0.586. The second-order valence-electron chi connectivity index (χ2n) is 5.16. The van der Waals surface area contributed by atoms with Crippen molar-refractivity contribution in [2.24, 2.45) is 0 Å². The number of hydrogen-bond acceptors (Lipinski definition) is 4. The lowest BCUT2D eigenvalue weighted by Crippen LogP contribution is -2.22. The van der Waals surface area contributed by atoms with Crippen LogP contribution in [0.5, 0.6) is 0 Å². The number of H-pyrrole nitrogens is 1. The number of amides is 1. The number of rotatable bonds is 4. The van der Waals surface area contributed by atoms with E-state index in [0.717, 1.165) is 19.4 Å². The molecule has 2 aromatic heterocycles. The lowest BCUT2D eigenvalue weighted by molar-refractivity contribution is 0.0828. The first-order chi connectivity index (χ1) is 9.66. The smallest absolute Gasteiger partial charge is 0.258 e. The summed E-state index contributed by atoms with van der Waals surface area (Å²) >= 11 is 0. The zero-order chi connectivity index (χ0) is 14.1. The maximum atomic E-state index is 12.0. The first kappa shape index (κ1) is 12.7. The Labute approximate surface area is 117 Å². The van der Waals surface area contributed by atoms with E-state index in [9.17, 15) is 4.79 Å². The van der Waals surface area contributed by atoms with E-state index in [0.29, 0.717) is 17.9 Å². The maximum absolute atomic E-state index is 12.0. The van der Waals surface area contributed by atoms with Crippen LogP contribution in [0.15, 0.2) is 12.4 Å². The number of aromatic nitrogens is 4. The van der Waals surface area contributed by atoms with Gasteiger partial charge in [-0.05, 0) is 12.8 Å². The molecule has 1 aliphatic heterocycles. The lowest BCUT2D eigenvalue weighted by Gasteiger charge is -2.11. The van der Waals surface area contributed by atoms with E-state index in [4.69, 9.17) is 0 Å². The number of anilines is 1. The van der Waals surface area contributed by atoms with Gasteiger partial charge in [-0.2, -0.15) is 10.2 Å². The van der Waals surface area contributed by atoms with Crippen LogP contribution in [0, 0.1) is 0 Å². The SMILES string of the molecule is CN(C)C(=O)c1cn[nH]c1NCc1cnn2c1CCC2. The van der Waals surface area contributed by atoms with Crippen molar-refractivity contribution in [3.8, 4) is 0 Å². The van der Waals surface area contributed by atoms with Crippen molar-refractivity contribution in [2.75, 3.05) is 19.4 Å². The monoisotopic (exact) mass is 274 g/mol. The Morgan fingerprint density at radius 1 is 1.50 bits per heavy atom. The van der Waals surface area contributed by atoms with Gasteiger partial charge in [0.25, 0.3) is 5.91 Å². The molecule has 3 heterocycles. The summed E-state index contributed by atoms with van der Waals surface area (Å²) in [5.41, 5.74) is 3.02. The van der Waals surface area contributed by atoms with Gasteiger partial charge in [0, 0.05) is 38.4 Å². The van der Waals surface area contributed by atoms with Gasteiger partial charge in [-0.25, -0.2) is 0 Å². The standard InChI is InChI=1S/C13H18N6O/c1-18(2)13(20)10-8-15-17-12(10)14-6-9-7-16-19-5-3-4-11(9)19/h7-8H,3-6H2,1-2H3,(H2,14,15,17). The molecule has 7 heteroatoms. The predicted octanol–water partition coefficient (Wildman–Crippen LogP) is 0.866. The normalized spacial score (nSPS) is 13.3. The number of nitrogens with zero attached hydrogens (tertiary/aromatic N) is 4. The third-order valence-electron chi connectivity index (χ3n) is 3.55. The molecule has 0 saturated heterocycles. The molecule has 2 aromatic rings. The third kappa shape index (κ3) is 2.15. The lowest BCUT2D eigenvalue weighted by atomic mass is 10.2. The van der Waals surface area contributed by atoms with Crippen LogP contribution < -0.4 is 5.32 Å². The summed E-state index contributed by atoms with van der Waals surface area (Å²) in [4.78, 5) is 13.5. The molecule has 106 valence electrons. The van der Waals surface area contributed by atoms with Crippen LogP contribution in [-0.2, 0) is 19.5 Å². The van der Waals surface area contributed by atoms with Crippen molar-refractivity contribution in [1.29, 1.82) is 0 Å². The van der Waals surface area contributed by atoms with Crippen molar-refractivity contribution >= 4 is 11.7 Å². The summed E-state index contributed by atoms with van der Waals surface area (Å²) in [6.45, 7) is 1.65. The molecule has 7 nitrogen and oxygen atoms in total. The summed E-state index contributed by atoms with van der Waals surface area (Å²) in [6.07, 6.45) is 5.67. The number of aromatic amines is 1. The summed E-state index contributed by atoms with van der Waals surface area (Å²) in [7, 11) is 3.45. The van der Waals surface area contributed by atoms with Crippen LogP contribution in [0.1, 0.15) is 28.0 Å². The summed E-state index contributed by atoms with van der Waals surface area (Å²) in [5, 5.41) is 14.4. The van der Waals surface area contributed by atoms with Crippen molar-refractivity contribution in [2.45, 2.75) is 25.9 Å². The van der Waals surface area contributed by atoms with Crippen molar-refractivity contribution in [3.05, 3.63) is 29.2 Å². The molecule has 0 unspecified atom stereocenters. The number of nitrogens with one attached hydrogen (secondary N) is 2. The van der Waals surface area contributed by atoms with E-state index in [-0.39, 0.29) is 5.91 Å².